The molecule has 2 saturated heterocycles. The van der Waals surface area contributed by atoms with Gasteiger partial charge >= 0.3 is 0 Å². The molecule has 6 heteroatoms. The van der Waals surface area contributed by atoms with E-state index >= 15 is 0 Å². The fraction of sp³-hybridized carbons (Fsp3) is 0.522. The fourth-order valence-electron chi connectivity index (χ4n) is 4.33. The van der Waals surface area contributed by atoms with Crippen molar-refractivity contribution in [2.45, 2.75) is 50.5 Å². The molecule has 3 atom stereocenters. The highest BCUT2D eigenvalue weighted by Crippen LogP contribution is 2.29. The summed E-state index contributed by atoms with van der Waals surface area (Å²) in [5, 5.41) is 14.4. The maximum absolute atomic E-state index is 13.0. The third-order valence-electron chi connectivity index (χ3n) is 5.94. The maximum atomic E-state index is 13.0. The Kier molecular flexibility index (Phi) is 5.76. The Morgan fingerprint density at radius 1 is 1.24 bits per heavy atom. The van der Waals surface area contributed by atoms with Crippen LogP contribution in [-0.4, -0.2) is 66.0 Å². The molecule has 0 unspecified atom stereocenters. The first-order valence-electron chi connectivity index (χ1n) is 10.4. The van der Waals surface area contributed by atoms with Crippen molar-refractivity contribution in [2.24, 2.45) is 0 Å². The van der Waals surface area contributed by atoms with E-state index in [1.54, 1.807) is 0 Å². The van der Waals surface area contributed by atoms with Crippen molar-refractivity contribution in [1.29, 1.82) is 0 Å². The number of aliphatic hydroxyl groups is 1. The largest absolute Gasteiger partial charge is 0.477 e. The van der Waals surface area contributed by atoms with Crippen molar-refractivity contribution < 1.29 is 19.4 Å². The lowest BCUT2D eigenvalue weighted by Crippen LogP contribution is -2.51. The number of hydrogen-bond donors (Lipinski definition) is 2. The van der Waals surface area contributed by atoms with E-state index in [1.807, 2.05) is 56.3 Å². The Hall–Kier alpha value is -2.15. The van der Waals surface area contributed by atoms with Crippen LogP contribution in [0.1, 0.15) is 26.7 Å². The molecule has 4 rings (SSSR count). The van der Waals surface area contributed by atoms with Gasteiger partial charge in [-0.05, 0) is 38.1 Å². The van der Waals surface area contributed by atoms with E-state index in [0.717, 1.165) is 30.3 Å². The normalized spacial score (nSPS) is 25.0. The van der Waals surface area contributed by atoms with E-state index in [0.29, 0.717) is 24.8 Å². The van der Waals surface area contributed by atoms with Crippen LogP contribution in [0.2, 0.25) is 0 Å². The summed E-state index contributed by atoms with van der Waals surface area (Å²) in [6.45, 7) is 6.05. The zero-order valence-corrected chi connectivity index (χ0v) is 17.1. The summed E-state index contributed by atoms with van der Waals surface area (Å²) in [5.41, 5.74) is -0.983. The van der Waals surface area contributed by atoms with Gasteiger partial charge in [-0.2, -0.15) is 0 Å². The second kappa shape index (κ2) is 8.30. The SMILES string of the molecule is CC(C)(Oc1cccc2ccccc12)C(=O)N[C@@H]1C[C@H]2CO[C@@H](CCO)CN2C1. The lowest BCUT2D eigenvalue weighted by molar-refractivity contribution is -0.134. The molecule has 2 aliphatic rings. The number of carbonyl (C=O) groups excluding carboxylic acids is 1. The zero-order valence-electron chi connectivity index (χ0n) is 17.1. The van der Waals surface area contributed by atoms with Gasteiger partial charge in [0.25, 0.3) is 5.91 Å². The lowest BCUT2D eigenvalue weighted by Gasteiger charge is -2.34. The van der Waals surface area contributed by atoms with E-state index in [-0.39, 0.29) is 24.7 Å². The van der Waals surface area contributed by atoms with Crippen LogP contribution >= 0.6 is 0 Å². The number of nitrogens with zero attached hydrogens (tertiary/aromatic N) is 1. The molecule has 0 bridgehead atoms. The highest BCUT2D eigenvalue weighted by Gasteiger charge is 2.40. The van der Waals surface area contributed by atoms with Crippen molar-refractivity contribution >= 4 is 16.7 Å². The molecule has 29 heavy (non-hydrogen) atoms. The Balaban J connectivity index is 1.39. The van der Waals surface area contributed by atoms with Crippen molar-refractivity contribution in [3.8, 4) is 5.75 Å². The summed E-state index contributed by atoms with van der Waals surface area (Å²) >= 11 is 0. The van der Waals surface area contributed by atoms with E-state index < -0.39 is 5.60 Å². The number of nitrogens with one attached hydrogen (secondary N) is 1. The second-order valence-corrected chi connectivity index (χ2v) is 8.57. The molecule has 2 aromatic carbocycles. The first kappa shape index (κ1) is 20.1. The van der Waals surface area contributed by atoms with Gasteiger partial charge in [-0.25, -0.2) is 0 Å². The predicted molar refractivity (Wildman–Crippen MR) is 112 cm³/mol. The first-order chi connectivity index (χ1) is 14.0. The van der Waals surface area contributed by atoms with Gasteiger partial charge in [0.05, 0.1) is 12.7 Å². The molecule has 2 N–H and O–H groups in total. The average molecular weight is 399 g/mol. The molecular formula is C23H30N2O4. The van der Waals surface area contributed by atoms with E-state index in [4.69, 9.17) is 14.6 Å². The number of aliphatic hydroxyl groups excluding tert-OH is 1. The van der Waals surface area contributed by atoms with Gasteiger partial charge in [-0.1, -0.05) is 36.4 Å². The Bertz CT molecular complexity index is 864. The van der Waals surface area contributed by atoms with Crippen LogP contribution in [0.5, 0.6) is 5.75 Å². The van der Waals surface area contributed by atoms with Gasteiger partial charge in [0.2, 0.25) is 0 Å². The number of hydrogen-bond acceptors (Lipinski definition) is 5. The van der Waals surface area contributed by atoms with Gasteiger partial charge in [0.1, 0.15) is 5.75 Å². The zero-order chi connectivity index (χ0) is 20.4. The summed E-state index contributed by atoms with van der Waals surface area (Å²) in [6, 6.07) is 14.3. The average Bonchev–Trinajstić information content (AvgIpc) is 3.10. The van der Waals surface area contributed by atoms with E-state index in [2.05, 4.69) is 10.2 Å². The number of rotatable bonds is 6. The highest BCUT2D eigenvalue weighted by atomic mass is 16.5. The van der Waals surface area contributed by atoms with Crippen LogP contribution in [0.3, 0.4) is 0 Å². The molecule has 0 aliphatic carbocycles. The van der Waals surface area contributed by atoms with Crippen LogP contribution in [0.4, 0.5) is 0 Å². The quantitative estimate of drug-likeness (QED) is 0.782. The number of carbonyl (C=O) groups is 1. The first-order valence-corrected chi connectivity index (χ1v) is 10.4. The van der Waals surface area contributed by atoms with Crippen LogP contribution in [0, 0.1) is 0 Å². The van der Waals surface area contributed by atoms with E-state index in [1.165, 1.54) is 0 Å². The standard InChI is InChI=1S/C23H30N2O4/c1-23(2,29-21-9-5-7-16-6-3-4-8-20(16)21)22(27)24-17-12-18-15-28-19(10-11-26)14-25(18)13-17/h3-9,17-19,26H,10-15H2,1-2H3,(H,24,27)/t17-,18+,19+/m1/s1. The van der Waals surface area contributed by atoms with E-state index in [9.17, 15) is 4.79 Å². The van der Waals surface area contributed by atoms with Crippen LogP contribution in [0.25, 0.3) is 10.8 Å². The van der Waals surface area contributed by atoms with Gasteiger partial charge in [0, 0.05) is 37.2 Å². The number of fused-ring (bicyclic) bond motifs is 2. The molecular weight excluding hydrogens is 368 g/mol. The third-order valence-corrected chi connectivity index (χ3v) is 5.94. The molecule has 0 aromatic heterocycles. The number of morpholine rings is 1. The molecule has 6 nitrogen and oxygen atoms in total. The minimum atomic E-state index is -0.983. The Morgan fingerprint density at radius 2 is 2.03 bits per heavy atom. The number of amides is 1. The molecule has 2 aliphatic heterocycles. The summed E-state index contributed by atoms with van der Waals surface area (Å²) in [6.07, 6.45) is 1.62. The third kappa shape index (κ3) is 4.39. The summed E-state index contributed by atoms with van der Waals surface area (Å²) in [7, 11) is 0. The topological polar surface area (TPSA) is 71.0 Å². The van der Waals surface area contributed by atoms with Gasteiger partial charge in [-0.15, -0.1) is 0 Å². The van der Waals surface area contributed by atoms with Crippen molar-refractivity contribution in [3.63, 3.8) is 0 Å². The number of ether oxygens (including phenoxy) is 2. The maximum Gasteiger partial charge on any atom is 0.263 e. The Morgan fingerprint density at radius 3 is 2.86 bits per heavy atom. The Labute approximate surface area is 171 Å². The van der Waals surface area contributed by atoms with Gasteiger partial charge < -0.3 is 19.9 Å². The monoisotopic (exact) mass is 398 g/mol. The summed E-state index contributed by atoms with van der Waals surface area (Å²) in [5.74, 6) is 0.607. The predicted octanol–water partition coefficient (Wildman–Crippen LogP) is 2.34. The summed E-state index contributed by atoms with van der Waals surface area (Å²) < 4.78 is 12.0. The highest BCUT2D eigenvalue weighted by molar-refractivity contribution is 5.90. The van der Waals surface area contributed by atoms with Gasteiger partial charge in [-0.3, -0.25) is 9.69 Å². The van der Waals surface area contributed by atoms with Gasteiger partial charge in [0.15, 0.2) is 5.60 Å². The van der Waals surface area contributed by atoms with Crippen LogP contribution in [0.15, 0.2) is 42.5 Å². The number of benzene rings is 2. The molecule has 1 amide bonds. The molecule has 2 aromatic rings. The molecule has 2 fully saturated rings. The fourth-order valence-corrected chi connectivity index (χ4v) is 4.33. The minimum absolute atomic E-state index is 0.0804. The molecule has 156 valence electrons. The van der Waals surface area contributed by atoms with Crippen molar-refractivity contribution in [3.05, 3.63) is 42.5 Å². The van der Waals surface area contributed by atoms with Crippen LogP contribution in [-0.2, 0) is 9.53 Å². The molecule has 0 spiro atoms. The molecule has 0 saturated carbocycles. The molecule has 0 radical (unpaired) electrons. The molecule has 2 heterocycles. The van der Waals surface area contributed by atoms with Crippen molar-refractivity contribution in [1.82, 2.24) is 10.2 Å². The summed E-state index contributed by atoms with van der Waals surface area (Å²) in [4.78, 5) is 15.4. The van der Waals surface area contributed by atoms with Crippen LogP contribution < -0.4 is 10.1 Å². The lowest BCUT2D eigenvalue weighted by atomic mass is 10.1. The second-order valence-electron chi connectivity index (χ2n) is 8.57. The van der Waals surface area contributed by atoms with Crippen molar-refractivity contribution in [2.75, 3.05) is 26.3 Å². The smallest absolute Gasteiger partial charge is 0.263 e. The minimum Gasteiger partial charge on any atom is -0.477 e.